The monoisotopic (exact) mass is 171 g/mol. The number of aromatic nitrogens is 2. The minimum atomic E-state index is 0.134. The molecule has 0 amide bonds. The van der Waals surface area contributed by atoms with Crippen LogP contribution in [0, 0.1) is 0 Å². The van der Waals surface area contributed by atoms with Gasteiger partial charge in [0.25, 0.3) is 0 Å². The molecule has 0 atom stereocenters. The lowest BCUT2D eigenvalue weighted by atomic mass is 10.5. The Kier molecular flexibility index (Phi) is 2.38. The summed E-state index contributed by atoms with van der Waals surface area (Å²) < 4.78 is 4.85. The molecule has 0 spiro atoms. The number of hydrogen-bond donors (Lipinski definition) is 0. The molecule has 0 aliphatic carbocycles. The average molecular weight is 172 g/mol. The molecule has 1 rings (SSSR count). The predicted octanol–water partition coefficient (Wildman–Crippen LogP) is 1.47. The van der Waals surface area contributed by atoms with Crippen molar-refractivity contribution < 1.29 is 4.74 Å². The lowest BCUT2D eigenvalue weighted by Crippen LogP contribution is -1.89. The lowest BCUT2D eigenvalue weighted by Gasteiger charge is -2.00. The van der Waals surface area contributed by atoms with E-state index in [0.29, 0.717) is 11.6 Å². The van der Waals surface area contributed by atoms with Crippen LogP contribution in [0.25, 0.3) is 0 Å². The third-order valence-corrected chi connectivity index (χ3v) is 1.25. The Hall–Kier alpha value is -1.16. The van der Waals surface area contributed by atoms with Gasteiger partial charge in [0.1, 0.15) is 5.69 Å². The summed E-state index contributed by atoms with van der Waals surface area (Å²) in [6, 6.07) is 0. The smallest absolute Gasteiger partial charge is 0.244 e. The van der Waals surface area contributed by atoms with Crippen LogP contribution in [-0.4, -0.2) is 23.8 Å². The highest BCUT2D eigenvalue weighted by Crippen LogP contribution is 2.23. The van der Waals surface area contributed by atoms with E-state index in [1.165, 1.54) is 13.3 Å². The van der Waals surface area contributed by atoms with Gasteiger partial charge in [0, 0.05) is 0 Å². The first-order chi connectivity index (χ1) is 5.27. The van der Waals surface area contributed by atoms with Crippen LogP contribution >= 0.6 is 11.6 Å². The topological polar surface area (TPSA) is 47.4 Å². The van der Waals surface area contributed by atoms with Gasteiger partial charge in [-0.25, -0.2) is 4.98 Å². The maximum Gasteiger partial charge on any atom is 0.244 e. The maximum atomic E-state index is 5.49. The molecule has 0 saturated carbocycles. The fourth-order valence-electron chi connectivity index (χ4n) is 0.598. The molecule has 4 nitrogen and oxygen atoms in total. The highest BCUT2D eigenvalue weighted by atomic mass is 35.5. The molecule has 0 bridgehead atoms. The number of hydrogen-bond acceptors (Lipinski definition) is 4. The summed E-state index contributed by atoms with van der Waals surface area (Å²) in [5, 5.41) is 0.134. The minimum Gasteiger partial charge on any atom is -0.479 e. The van der Waals surface area contributed by atoms with Crippen LogP contribution in [-0.2, 0) is 0 Å². The van der Waals surface area contributed by atoms with Gasteiger partial charge in [-0.15, -0.1) is 0 Å². The summed E-state index contributed by atoms with van der Waals surface area (Å²) in [4.78, 5) is 11.1. The molecule has 5 heteroatoms. The summed E-state index contributed by atoms with van der Waals surface area (Å²) in [7, 11) is 1.48. The molecular weight excluding hydrogens is 166 g/mol. The fourth-order valence-corrected chi connectivity index (χ4v) is 0.724. The molecule has 1 aromatic rings. The molecule has 0 fully saturated rings. The van der Waals surface area contributed by atoms with Gasteiger partial charge in [0.05, 0.1) is 13.3 Å². The van der Waals surface area contributed by atoms with Crippen molar-refractivity contribution in [1.82, 2.24) is 9.97 Å². The molecule has 11 heavy (non-hydrogen) atoms. The van der Waals surface area contributed by atoms with Crippen LogP contribution in [0.1, 0.15) is 0 Å². The van der Waals surface area contributed by atoms with Crippen LogP contribution in [0.5, 0.6) is 5.88 Å². The van der Waals surface area contributed by atoms with E-state index in [9.17, 15) is 0 Å². The van der Waals surface area contributed by atoms with Crippen molar-refractivity contribution in [2.24, 2.45) is 4.99 Å². The Morgan fingerprint density at radius 1 is 1.73 bits per heavy atom. The van der Waals surface area contributed by atoms with E-state index in [-0.39, 0.29) is 5.28 Å². The quantitative estimate of drug-likeness (QED) is 0.500. The maximum absolute atomic E-state index is 5.49. The van der Waals surface area contributed by atoms with Crippen LogP contribution in [0.2, 0.25) is 5.28 Å². The zero-order valence-electron chi connectivity index (χ0n) is 5.91. The van der Waals surface area contributed by atoms with Gasteiger partial charge in [0.15, 0.2) is 0 Å². The number of halogens is 1. The third kappa shape index (κ3) is 1.65. The normalized spacial score (nSPS) is 9.27. The van der Waals surface area contributed by atoms with Crippen molar-refractivity contribution in [2.75, 3.05) is 7.11 Å². The second-order valence-electron chi connectivity index (χ2n) is 1.69. The van der Waals surface area contributed by atoms with Crippen molar-refractivity contribution >= 4 is 24.0 Å². The minimum absolute atomic E-state index is 0.134. The van der Waals surface area contributed by atoms with E-state index in [0.717, 1.165) is 0 Å². The molecule has 0 radical (unpaired) electrons. The van der Waals surface area contributed by atoms with Crippen LogP contribution in [0.3, 0.4) is 0 Å². The number of aliphatic imine (C=N–C) groups is 1. The standard InChI is InChI=1S/C6H6ClN3O/c1-8-4-3-9-6(7)10-5(4)11-2/h3H,1H2,2H3. The summed E-state index contributed by atoms with van der Waals surface area (Å²) >= 11 is 5.49. The molecule has 0 saturated heterocycles. The van der Waals surface area contributed by atoms with Gasteiger partial charge >= 0.3 is 0 Å². The number of nitrogens with zero attached hydrogens (tertiary/aromatic N) is 3. The fraction of sp³-hybridized carbons (Fsp3) is 0.167. The summed E-state index contributed by atoms with van der Waals surface area (Å²) in [6.07, 6.45) is 1.45. The molecule has 1 heterocycles. The summed E-state index contributed by atoms with van der Waals surface area (Å²) in [6.45, 7) is 3.32. The Morgan fingerprint density at radius 2 is 2.45 bits per heavy atom. The lowest BCUT2D eigenvalue weighted by molar-refractivity contribution is 0.398. The first-order valence-corrected chi connectivity index (χ1v) is 3.19. The number of rotatable bonds is 2. The van der Waals surface area contributed by atoms with Gasteiger partial charge in [-0.05, 0) is 18.3 Å². The van der Waals surface area contributed by atoms with E-state index in [4.69, 9.17) is 16.3 Å². The Balaban J connectivity index is 3.16. The number of ether oxygens (including phenoxy) is 1. The van der Waals surface area contributed by atoms with Gasteiger partial charge in [-0.3, -0.25) is 4.99 Å². The second kappa shape index (κ2) is 3.30. The molecule has 58 valence electrons. The zero-order chi connectivity index (χ0) is 8.27. The van der Waals surface area contributed by atoms with Crippen molar-refractivity contribution in [2.45, 2.75) is 0 Å². The Morgan fingerprint density at radius 3 is 3.00 bits per heavy atom. The molecular formula is C6H6ClN3O. The van der Waals surface area contributed by atoms with Crippen LogP contribution < -0.4 is 4.74 Å². The van der Waals surface area contributed by atoms with Crippen LogP contribution in [0.4, 0.5) is 5.69 Å². The first kappa shape index (κ1) is 7.94. The molecule has 0 aliphatic rings. The van der Waals surface area contributed by atoms with Crippen molar-refractivity contribution in [3.8, 4) is 5.88 Å². The number of methoxy groups -OCH3 is 1. The van der Waals surface area contributed by atoms with E-state index in [2.05, 4.69) is 21.7 Å². The van der Waals surface area contributed by atoms with E-state index in [1.54, 1.807) is 0 Å². The Bertz CT molecular complexity index is 277. The van der Waals surface area contributed by atoms with Gasteiger partial charge in [-0.1, -0.05) is 0 Å². The molecule has 0 aliphatic heterocycles. The first-order valence-electron chi connectivity index (χ1n) is 2.81. The average Bonchev–Trinajstić information content (AvgIpc) is 2.04. The highest BCUT2D eigenvalue weighted by Gasteiger charge is 2.02. The molecule has 0 N–H and O–H groups in total. The van der Waals surface area contributed by atoms with E-state index >= 15 is 0 Å². The molecule has 0 unspecified atom stereocenters. The third-order valence-electron chi connectivity index (χ3n) is 1.07. The van der Waals surface area contributed by atoms with E-state index in [1.807, 2.05) is 0 Å². The van der Waals surface area contributed by atoms with Crippen molar-refractivity contribution in [3.63, 3.8) is 0 Å². The highest BCUT2D eigenvalue weighted by molar-refractivity contribution is 6.28. The van der Waals surface area contributed by atoms with Crippen molar-refractivity contribution in [1.29, 1.82) is 0 Å². The van der Waals surface area contributed by atoms with Crippen molar-refractivity contribution in [3.05, 3.63) is 11.5 Å². The second-order valence-corrected chi connectivity index (χ2v) is 2.03. The Labute approximate surface area is 68.9 Å². The van der Waals surface area contributed by atoms with Crippen LogP contribution in [0.15, 0.2) is 11.2 Å². The molecule has 0 aromatic carbocycles. The van der Waals surface area contributed by atoms with E-state index < -0.39 is 0 Å². The predicted molar refractivity (Wildman–Crippen MR) is 42.8 cm³/mol. The summed E-state index contributed by atoms with van der Waals surface area (Å²) in [5.41, 5.74) is 0.483. The molecule has 1 aromatic heterocycles. The van der Waals surface area contributed by atoms with Gasteiger partial charge < -0.3 is 4.74 Å². The van der Waals surface area contributed by atoms with Gasteiger partial charge in [0.2, 0.25) is 11.2 Å². The SMILES string of the molecule is C=Nc1cnc(Cl)nc1OC. The largest absolute Gasteiger partial charge is 0.479 e. The summed E-state index contributed by atoms with van der Waals surface area (Å²) in [5.74, 6) is 0.333. The van der Waals surface area contributed by atoms with Gasteiger partial charge in [-0.2, -0.15) is 4.98 Å². The zero-order valence-corrected chi connectivity index (χ0v) is 6.67.